The highest BCUT2D eigenvalue weighted by molar-refractivity contribution is 7.90. The van der Waals surface area contributed by atoms with Gasteiger partial charge < -0.3 is 0 Å². The summed E-state index contributed by atoms with van der Waals surface area (Å²) < 4.78 is 25.5. The fraction of sp³-hybridized carbons (Fsp3) is 1.00. The van der Waals surface area contributed by atoms with Crippen LogP contribution in [0.1, 0.15) is 33.6 Å². The van der Waals surface area contributed by atoms with Crippen molar-refractivity contribution in [1.29, 1.82) is 0 Å². The topological polar surface area (TPSA) is 40.6 Å². The first-order chi connectivity index (χ1) is 7.16. The van der Waals surface area contributed by atoms with Crippen molar-refractivity contribution < 1.29 is 8.42 Å². The molecular weight excluding hydrogens is 244 g/mol. The molecule has 0 aliphatic carbocycles. The van der Waals surface area contributed by atoms with Crippen molar-refractivity contribution in [1.82, 2.24) is 9.42 Å². The quantitative estimate of drug-likeness (QED) is 0.729. The van der Waals surface area contributed by atoms with E-state index in [0.717, 1.165) is 19.4 Å². The monoisotopic (exact) mass is 266 g/mol. The van der Waals surface area contributed by atoms with E-state index < -0.39 is 14.8 Å². The fourth-order valence-electron chi connectivity index (χ4n) is 1.68. The molecule has 96 valence electrons. The van der Waals surface area contributed by atoms with Crippen molar-refractivity contribution in [3.8, 4) is 0 Å². The van der Waals surface area contributed by atoms with Crippen LogP contribution in [-0.4, -0.2) is 48.0 Å². The van der Waals surface area contributed by atoms with Gasteiger partial charge in [0.1, 0.15) is 0 Å². The van der Waals surface area contributed by atoms with Crippen molar-refractivity contribution in [2.75, 3.05) is 20.1 Å². The van der Waals surface area contributed by atoms with Crippen molar-refractivity contribution in [2.45, 2.75) is 43.6 Å². The van der Waals surface area contributed by atoms with E-state index in [1.165, 1.54) is 4.41 Å². The third kappa shape index (κ3) is 2.91. The van der Waals surface area contributed by atoms with Gasteiger partial charge in [-0.1, -0.05) is 0 Å². The molecule has 0 amide bonds. The first kappa shape index (κ1) is 14.3. The smallest absolute Gasteiger partial charge is 0.231 e. The lowest BCUT2D eigenvalue weighted by Gasteiger charge is -2.35. The largest absolute Gasteiger partial charge is 0.231 e. The van der Waals surface area contributed by atoms with Gasteiger partial charge in [-0.05, 0) is 33.6 Å². The summed E-state index contributed by atoms with van der Waals surface area (Å²) in [6.45, 7) is 6.43. The van der Waals surface area contributed by atoms with Crippen molar-refractivity contribution in [2.24, 2.45) is 0 Å². The van der Waals surface area contributed by atoms with Gasteiger partial charge in [0.05, 0.1) is 4.75 Å². The van der Waals surface area contributed by atoms with E-state index in [0.29, 0.717) is 6.54 Å². The number of hydrazine groups is 1. The molecular formula is C10H22N2O2S2. The Morgan fingerprint density at radius 2 is 1.88 bits per heavy atom. The number of hydrogen-bond acceptors (Lipinski definition) is 4. The van der Waals surface area contributed by atoms with Gasteiger partial charge in [0.25, 0.3) is 0 Å². The number of nitrogens with zero attached hydrogens (tertiary/aromatic N) is 2. The van der Waals surface area contributed by atoms with Crippen LogP contribution in [-0.2, 0) is 10.0 Å². The molecule has 1 heterocycles. The first-order valence-electron chi connectivity index (χ1n) is 5.57. The molecule has 0 radical (unpaired) electrons. The minimum absolute atomic E-state index is 0.127. The predicted octanol–water partition coefficient (Wildman–Crippen LogP) is 1.36. The maximum atomic E-state index is 12.4. The summed E-state index contributed by atoms with van der Waals surface area (Å²) in [5.41, 5.74) is 0. The Hall–Kier alpha value is 0.220. The maximum Gasteiger partial charge on any atom is 0.231 e. The van der Waals surface area contributed by atoms with E-state index in [-0.39, 0.29) is 5.25 Å². The zero-order valence-corrected chi connectivity index (χ0v) is 12.2. The second-order valence-electron chi connectivity index (χ2n) is 5.30. The summed E-state index contributed by atoms with van der Waals surface area (Å²) in [5.74, 6) is 0. The lowest BCUT2D eigenvalue weighted by atomic mass is 10.2. The molecule has 6 heteroatoms. The lowest BCUT2D eigenvalue weighted by molar-refractivity contribution is 0.103. The Morgan fingerprint density at radius 1 is 1.31 bits per heavy atom. The Balaban J connectivity index is 3.00. The van der Waals surface area contributed by atoms with E-state index in [1.54, 1.807) is 25.8 Å². The van der Waals surface area contributed by atoms with E-state index in [9.17, 15) is 8.42 Å². The number of rotatable bonds is 1. The second-order valence-corrected chi connectivity index (χ2v) is 8.63. The molecule has 1 rings (SSSR count). The molecule has 0 bridgehead atoms. The number of hydrogen-bond donors (Lipinski definition) is 1. The number of thiol groups is 1. The summed E-state index contributed by atoms with van der Waals surface area (Å²) in [7, 11) is -1.47. The average molecular weight is 266 g/mol. The minimum Gasteiger partial charge on any atom is -0.231 e. The molecule has 1 aliphatic rings. The van der Waals surface area contributed by atoms with Gasteiger partial charge in [0, 0.05) is 25.4 Å². The predicted molar refractivity (Wildman–Crippen MR) is 70.0 cm³/mol. The van der Waals surface area contributed by atoms with Crippen LogP contribution in [0.4, 0.5) is 0 Å². The summed E-state index contributed by atoms with van der Waals surface area (Å²) in [6, 6.07) is 0. The van der Waals surface area contributed by atoms with Crippen LogP contribution in [0.3, 0.4) is 0 Å². The van der Waals surface area contributed by atoms with Crippen molar-refractivity contribution in [3.63, 3.8) is 0 Å². The molecule has 16 heavy (non-hydrogen) atoms. The highest BCUT2D eigenvalue weighted by Crippen LogP contribution is 2.25. The van der Waals surface area contributed by atoms with Crippen LogP contribution in [0.5, 0.6) is 0 Å². The van der Waals surface area contributed by atoms with E-state index in [4.69, 9.17) is 0 Å². The first-order valence-corrected chi connectivity index (χ1v) is 7.53. The molecule has 1 unspecified atom stereocenters. The standard InChI is InChI=1S/C10H22N2O2S2/c1-10(2,3)16(13,14)12-8-9(15)6-5-7-11(12)4/h9,15H,5-8H2,1-4H3. The molecule has 1 atom stereocenters. The molecule has 0 aromatic rings. The molecule has 0 spiro atoms. The third-order valence-electron chi connectivity index (χ3n) is 2.82. The van der Waals surface area contributed by atoms with E-state index in [2.05, 4.69) is 12.6 Å². The van der Waals surface area contributed by atoms with Crippen LogP contribution in [0.25, 0.3) is 0 Å². The maximum absolute atomic E-state index is 12.4. The zero-order valence-electron chi connectivity index (χ0n) is 10.5. The van der Waals surface area contributed by atoms with E-state index >= 15 is 0 Å². The Labute approximate surface area is 104 Å². The Bertz CT molecular complexity index is 335. The number of sulfonamides is 1. The summed E-state index contributed by atoms with van der Waals surface area (Å²) in [4.78, 5) is 0. The zero-order chi connectivity index (χ0) is 12.6. The van der Waals surface area contributed by atoms with Crippen LogP contribution >= 0.6 is 12.6 Å². The summed E-state index contributed by atoms with van der Waals surface area (Å²) in [6.07, 6.45) is 1.95. The molecule has 0 saturated carbocycles. The molecule has 0 N–H and O–H groups in total. The van der Waals surface area contributed by atoms with Gasteiger partial charge in [-0.3, -0.25) is 0 Å². The molecule has 0 aromatic heterocycles. The summed E-state index contributed by atoms with van der Waals surface area (Å²) >= 11 is 4.42. The molecule has 1 fully saturated rings. The van der Waals surface area contributed by atoms with Crippen LogP contribution in [0.2, 0.25) is 0 Å². The lowest BCUT2D eigenvalue weighted by Crippen LogP contribution is -2.51. The Morgan fingerprint density at radius 3 is 2.38 bits per heavy atom. The van der Waals surface area contributed by atoms with Gasteiger partial charge >= 0.3 is 0 Å². The van der Waals surface area contributed by atoms with Crippen LogP contribution in [0.15, 0.2) is 0 Å². The van der Waals surface area contributed by atoms with Crippen molar-refractivity contribution >= 4 is 22.7 Å². The van der Waals surface area contributed by atoms with Crippen LogP contribution in [0, 0.1) is 0 Å². The van der Waals surface area contributed by atoms with Crippen molar-refractivity contribution in [3.05, 3.63) is 0 Å². The van der Waals surface area contributed by atoms with E-state index in [1.807, 2.05) is 7.05 Å². The second kappa shape index (κ2) is 4.84. The Kier molecular flexibility index (Phi) is 4.32. The molecule has 4 nitrogen and oxygen atoms in total. The minimum atomic E-state index is -3.29. The van der Waals surface area contributed by atoms with Gasteiger partial charge in [-0.25, -0.2) is 13.4 Å². The van der Waals surface area contributed by atoms with Gasteiger partial charge in [0.15, 0.2) is 0 Å². The van der Waals surface area contributed by atoms with Gasteiger partial charge in [-0.15, -0.1) is 4.41 Å². The fourth-order valence-corrected chi connectivity index (χ4v) is 3.58. The summed E-state index contributed by atoms with van der Waals surface area (Å²) in [5, 5.41) is 1.93. The molecule has 1 aliphatic heterocycles. The average Bonchev–Trinajstić information content (AvgIpc) is 2.26. The molecule has 0 aromatic carbocycles. The van der Waals surface area contributed by atoms with Gasteiger partial charge in [0.2, 0.25) is 10.0 Å². The SMILES string of the molecule is CN1CCCC(S)CN1S(=O)(=O)C(C)(C)C. The normalized spacial score (nSPS) is 26.7. The molecule has 1 saturated heterocycles. The van der Waals surface area contributed by atoms with Crippen LogP contribution < -0.4 is 0 Å². The third-order valence-corrected chi connectivity index (χ3v) is 5.77. The highest BCUT2D eigenvalue weighted by Gasteiger charge is 2.38. The van der Waals surface area contributed by atoms with Gasteiger partial charge in [-0.2, -0.15) is 12.6 Å². The highest BCUT2D eigenvalue weighted by atomic mass is 32.2.